The minimum Gasteiger partial charge on any atom is -0.212 e. The molecule has 3 nitrogen and oxygen atoms in total. The zero-order chi connectivity index (χ0) is 16.0. The van der Waals surface area contributed by atoms with Crippen molar-refractivity contribution < 1.29 is 8.42 Å². The number of aryl methyl sites for hydroxylation is 2. The lowest BCUT2D eigenvalue weighted by Gasteiger charge is -2.15. The van der Waals surface area contributed by atoms with Crippen LogP contribution in [0.4, 0.5) is 0 Å². The van der Waals surface area contributed by atoms with Gasteiger partial charge in [0.15, 0.2) is 0 Å². The molecule has 0 heterocycles. The summed E-state index contributed by atoms with van der Waals surface area (Å²) in [7, 11) is -3.31. The minimum atomic E-state index is -3.31. The number of nitrogens with one attached hydrogen (secondary N) is 1. The summed E-state index contributed by atoms with van der Waals surface area (Å²) in [6, 6.07) is 17.6. The Kier molecular flexibility index (Phi) is 5.75. The van der Waals surface area contributed by atoms with Crippen LogP contribution < -0.4 is 4.72 Å². The second-order valence-corrected chi connectivity index (χ2v) is 7.48. The van der Waals surface area contributed by atoms with Crippen molar-refractivity contribution in [1.82, 2.24) is 4.72 Å². The molecule has 0 amide bonds. The molecule has 1 N–H and O–H groups in total. The van der Waals surface area contributed by atoms with Gasteiger partial charge in [0.2, 0.25) is 10.0 Å². The molecule has 4 heteroatoms. The van der Waals surface area contributed by atoms with Crippen LogP contribution in [0.3, 0.4) is 0 Å². The van der Waals surface area contributed by atoms with Crippen LogP contribution in [0.15, 0.2) is 54.6 Å². The van der Waals surface area contributed by atoms with E-state index in [1.807, 2.05) is 56.3 Å². The van der Waals surface area contributed by atoms with Crippen molar-refractivity contribution in [2.75, 3.05) is 0 Å². The van der Waals surface area contributed by atoms with Crippen LogP contribution in [0.5, 0.6) is 0 Å². The second kappa shape index (κ2) is 7.56. The van der Waals surface area contributed by atoms with E-state index in [1.54, 1.807) is 0 Å². The molecule has 2 rings (SSSR count). The Morgan fingerprint density at radius 2 is 1.64 bits per heavy atom. The molecule has 0 fully saturated rings. The molecule has 22 heavy (non-hydrogen) atoms. The fourth-order valence-corrected chi connectivity index (χ4v) is 3.96. The van der Waals surface area contributed by atoms with Gasteiger partial charge in [0.25, 0.3) is 0 Å². The van der Waals surface area contributed by atoms with Gasteiger partial charge in [-0.15, -0.1) is 0 Å². The van der Waals surface area contributed by atoms with Crippen molar-refractivity contribution in [2.24, 2.45) is 0 Å². The maximum Gasteiger partial charge on any atom is 0.216 e. The molecule has 1 atom stereocenters. The zero-order valence-corrected chi connectivity index (χ0v) is 13.9. The van der Waals surface area contributed by atoms with Crippen LogP contribution in [-0.2, 0) is 22.2 Å². The van der Waals surface area contributed by atoms with Gasteiger partial charge < -0.3 is 0 Å². The Balaban J connectivity index is 1.90. The lowest BCUT2D eigenvalue weighted by molar-refractivity contribution is 0.546. The van der Waals surface area contributed by atoms with Gasteiger partial charge in [0, 0.05) is 6.04 Å². The van der Waals surface area contributed by atoms with Gasteiger partial charge >= 0.3 is 0 Å². The summed E-state index contributed by atoms with van der Waals surface area (Å²) in [5.41, 5.74) is 3.09. The van der Waals surface area contributed by atoms with E-state index in [0.29, 0.717) is 0 Å². The lowest BCUT2D eigenvalue weighted by atomic mass is 10.1. The molecule has 0 aromatic heterocycles. The molecule has 118 valence electrons. The Labute approximate surface area is 133 Å². The highest BCUT2D eigenvalue weighted by Crippen LogP contribution is 2.12. The summed E-state index contributed by atoms with van der Waals surface area (Å²) >= 11 is 0. The molecule has 0 radical (unpaired) electrons. The van der Waals surface area contributed by atoms with Gasteiger partial charge in [-0.25, -0.2) is 13.1 Å². The number of sulfonamides is 1. The SMILES string of the molecule is Cc1ccccc1CS(=O)(=O)NC(C)CCc1ccccc1. The maximum atomic E-state index is 12.3. The first-order valence-corrected chi connectivity index (χ1v) is 9.20. The van der Waals surface area contributed by atoms with Crippen molar-refractivity contribution in [1.29, 1.82) is 0 Å². The van der Waals surface area contributed by atoms with Crippen molar-refractivity contribution >= 4 is 10.0 Å². The fourth-order valence-electron chi connectivity index (χ4n) is 2.41. The molecule has 0 bridgehead atoms. The summed E-state index contributed by atoms with van der Waals surface area (Å²) in [6.07, 6.45) is 1.66. The van der Waals surface area contributed by atoms with Crippen molar-refractivity contribution in [3.63, 3.8) is 0 Å². The predicted octanol–water partition coefficient (Wildman–Crippen LogP) is 3.44. The van der Waals surface area contributed by atoms with E-state index >= 15 is 0 Å². The molecule has 2 aromatic carbocycles. The molecule has 1 unspecified atom stereocenters. The van der Waals surface area contributed by atoms with Crippen molar-refractivity contribution in [3.05, 3.63) is 71.3 Å². The van der Waals surface area contributed by atoms with E-state index in [1.165, 1.54) is 5.56 Å². The highest BCUT2D eigenvalue weighted by Gasteiger charge is 2.16. The zero-order valence-electron chi connectivity index (χ0n) is 13.1. The van der Waals surface area contributed by atoms with E-state index in [-0.39, 0.29) is 11.8 Å². The van der Waals surface area contributed by atoms with Crippen molar-refractivity contribution in [2.45, 2.75) is 38.5 Å². The average Bonchev–Trinajstić information content (AvgIpc) is 2.48. The normalized spacial score (nSPS) is 13.0. The van der Waals surface area contributed by atoms with Gasteiger partial charge in [0.1, 0.15) is 0 Å². The van der Waals surface area contributed by atoms with E-state index in [0.717, 1.165) is 24.0 Å². The largest absolute Gasteiger partial charge is 0.216 e. The van der Waals surface area contributed by atoms with Crippen LogP contribution in [0.25, 0.3) is 0 Å². The van der Waals surface area contributed by atoms with Gasteiger partial charge in [0.05, 0.1) is 5.75 Å². The molecule has 2 aromatic rings. The third-order valence-electron chi connectivity index (χ3n) is 3.70. The molecule has 0 spiro atoms. The van der Waals surface area contributed by atoms with Gasteiger partial charge in [-0.3, -0.25) is 0 Å². The monoisotopic (exact) mass is 317 g/mol. The third-order valence-corrected chi connectivity index (χ3v) is 5.15. The average molecular weight is 317 g/mol. The Bertz CT molecular complexity index is 696. The minimum absolute atomic E-state index is 0.0371. The van der Waals surface area contributed by atoms with Crippen LogP contribution in [0.2, 0.25) is 0 Å². The summed E-state index contributed by atoms with van der Waals surface area (Å²) in [4.78, 5) is 0. The second-order valence-electron chi connectivity index (χ2n) is 5.73. The van der Waals surface area contributed by atoms with Crippen LogP contribution in [0, 0.1) is 6.92 Å². The first kappa shape index (κ1) is 16.7. The maximum absolute atomic E-state index is 12.3. The molecule has 0 saturated carbocycles. The number of hydrogen-bond acceptors (Lipinski definition) is 2. The summed E-state index contributed by atoms with van der Waals surface area (Å²) < 4.78 is 27.3. The smallest absolute Gasteiger partial charge is 0.212 e. The Hall–Kier alpha value is -1.65. The summed E-state index contributed by atoms with van der Waals surface area (Å²) in [5.74, 6) is 0.0371. The summed E-state index contributed by atoms with van der Waals surface area (Å²) in [5, 5.41) is 0. The van der Waals surface area contributed by atoms with E-state index in [2.05, 4.69) is 16.9 Å². The number of benzene rings is 2. The molecule has 0 aliphatic rings. The van der Waals surface area contributed by atoms with Gasteiger partial charge in [-0.1, -0.05) is 54.6 Å². The first-order chi connectivity index (χ1) is 10.5. The van der Waals surface area contributed by atoms with Crippen LogP contribution >= 0.6 is 0 Å². The van der Waals surface area contributed by atoms with Crippen LogP contribution in [-0.4, -0.2) is 14.5 Å². The third kappa shape index (κ3) is 5.28. The highest BCUT2D eigenvalue weighted by molar-refractivity contribution is 7.88. The quantitative estimate of drug-likeness (QED) is 0.850. The highest BCUT2D eigenvalue weighted by atomic mass is 32.2. The van der Waals surface area contributed by atoms with E-state index in [9.17, 15) is 8.42 Å². The molecule has 0 aliphatic heterocycles. The predicted molar refractivity (Wildman–Crippen MR) is 91.2 cm³/mol. The van der Waals surface area contributed by atoms with Gasteiger partial charge in [-0.2, -0.15) is 0 Å². The van der Waals surface area contributed by atoms with Crippen molar-refractivity contribution in [3.8, 4) is 0 Å². The topological polar surface area (TPSA) is 46.2 Å². The Morgan fingerprint density at radius 1 is 1.00 bits per heavy atom. The molecule has 0 aliphatic carbocycles. The molecular weight excluding hydrogens is 294 g/mol. The van der Waals surface area contributed by atoms with Gasteiger partial charge in [-0.05, 0) is 43.4 Å². The van der Waals surface area contributed by atoms with E-state index in [4.69, 9.17) is 0 Å². The number of hydrogen-bond donors (Lipinski definition) is 1. The molecular formula is C18H23NO2S. The lowest BCUT2D eigenvalue weighted by Crippen LogP contribution is -2.34. The standard InChI is InChI=1S/C18H23NO2S/c1-15-8-6-7-11-18(15)14-22(20,21)19-16(2)12-13-17-9-4-3-5-10-17/h3-11,16,19H,12-14H2,1-2H3. The molecule has 0 saturated heterocycles. The van der Waals surface area contributed by atoms with E-state index < -0.39 is 10.0 Å². The fraction of sp³-hybridized carbons (Fsp3) is 0.333. The number of rotatable bonds is 7. The first-order valence-electron chi connectivity index (χ1n) is 7.55. The Morgan fingerprint density at radius 3 is 2.32 bits per heavy atom. The van der Waals surface area contributed by atoms with Crippen LogP contribution in [0.1, 0.15) is 30.0 Å². The summed E-state index contributed by atoms with van der Waals surface area (Å²) in [6.45, 7) is 3.85.